The van der Waals surface area contributed by atoms with Crippen molar-refractivity contribution in [1.29, 1.82) is 0 Å². The molecule has 0 spiro atoms. The molecule has 0 radical (unpaired) electrons. The van der Waals surface area contributed by atoms with E-state index in [2.05, 4.69) is 10.5 Å². The van der Waals surface area contributed by atoms with Gasteiger partial charge >= 0.3 is 0 Å². The smallest absolute Gasteiger partial charge is 0.271 e. The Labute approximate surface area is 167 Å². The van der Waals surface area contributed by atoms with E-state index in [-0.39, 0.29) is 5.91 Å². The van der Waals surface area contributed by atoms with Crippen LogP contribution >= 0.6 is 23.2 Å². The lowest BCUT2D eigenvalue weighted by Crippen LogP contribution is -2.17. The van der Waals surface area contributed by atoms with Crippen LogP contribution in [0.2, 0.25) is 10.0 Å². The number of nitrogens with zero attached hydrogens (tertiary/aromatic N) is 1. The zero-order valence-electron chi connectivity index (χ0n) is 14.2. The molecule has 0 saturated heterocycles. The van der Waals surface area contributed by atoms with E-state index in [4.69, 9.17) is 27.9 Å². The summed E-state index contributed by atoms with van der Waals surface area (Å²) in [6, 6.07) is 21.5. The van der Waals surface area contributed by atoms with Crippen LogP contribution in [0.3, 0.4) is 0 Å². The van der Waals surface area contributed by atoms with E-state index < -0.39 is 0 Å². The fourth-order valence-corrected chi connectivity index (χ4v) is 2.52. The summed E-state index contributed by atoms with van der Waals surface area (Å²) >= 11 is 11.7. The van der Waals surface area contributed by atoms with Gasteiger partial charge in [0.15, 0.2) is 0 Å². The lowest BCUT2D eigenvalue weighted by atomic mass is 10.2. The van der Waals surface area contributed by atoms with Gasteiger partial charge in [0, 0.05) is 15.6 Å². The Morgan fingerprint density at radius 3 is 2.33 bits per heavy atom. The number of carbonyl (C=O) groups is 1. The fourth-order valence-electron chi connectivity index (χ4n) is 2.26. The molecule has 3 aromatic rings. The summed E-state index contributed by atoms with van der Waals surface area (Å²) in [4.78, 5) is 12.0. The number of amides is 1. The number of hydrogen-bond acceptors (Lipinski definition) is 3. The summed E-state index contributed by atoms with van der Waals surface area (Å²) < 4.78 is 5.78. The van der Waals surface area contributed by atoms with Gasteiger partial charge in [0.2, 0.25) is 0 Å². The maximum atomic E-state index is 12.0. The number of hydrazone groups is 1. The first-order valence-corrected chi connectivity index (χ1v) is 8.92. The molecule has 3 aromatic carbocycles. The van der Waals surface area contributed by atoms with Crippen LogP contribution in [0.1, 0.15) is 21.5 Å². The second-order valence-corrected chi connectivity index (χ2v) is 6.57. The number of halogens is 2. The molecular formula is C21H16Cl2N2O2. The average molecular weight is 399 g/mol. The summed E-state index contributed by atoms with van der Waals surface area (Å²) in [5, 5.41) is 5.25. The standard InChI is InChI=1S/C21H16Cl2N2O2/c22-18-8-4-15(5-9-18)14-27-20-3-1-2-16(12-20)13-24-25-21(26)17-6-10-19(23)11-7-17/h1-13H,14H2,(H,25,26)/b24-13-. The third-order valence-electron chi connectivity index (χ3n) is 3.66. The molecule has 1 amide bonds. The fraction of sp³-hybridized carbons (Fsp3) is 0.0476. The van der Waals surface area contributed by atoms with E-state index in [9.17, 15) is 4.79 Å². The number of ether oxygens (including phenoxy) is 1. The van der Waals surface area contributed by atoms with Crippen molar-refractivity contribution in [1.82, 2.24) is 5.43 Å². The predicted molar refractivity (Wildman–Crippen MR) is 109 cm³/mol. The molecule has 0 heterocycles. The minimum absolute atomic E-state index is 0.307. The molecule has 27 heavy (non-hydrogen) atoms. The highest BCUT2D eigenvalue weighted by Crippen LogP contribution is 2.16. The Bertz CT molecular complexity index is 939. The van der Waals surface area contributed by atoms with Crippen LogP contribution in [0.4, 0.5) is 0 Å². The normalized spacial score (nSPS) is 10.7. The third kappa shape index (κ3) is 5.84. The molecule has 0 fully saturated rings. The maximum Gasteiger partial charge on any atom is 0.271 e. The lowest BCUT2D eigenvalue weighted by Gasteiger charge is -2.07. The van der Waals surface area contributed by atoms with Crippen molar-refractivity contribution in [2.45, 2.75) is 6.61 Å². The summed E-state index contributed by atoms with van der Waals surface area (Å²) in [6.07, 6.45) is 1.56. The first-order valence-electron chi connectivity index (χ1n) is 8.16. The average Bonchev–Trinajstić information content (AvgIpc) is 2.68. The summed E-state index contributed by atoms with van der Waals surface area (Å²) in [7, 11) is 0. The van der Waals surface area contributed by atoms with E-state index in [0.717, 1.165) is 11.1 Å². The highest BCUT2D eigenvalue weighted by Gasteiger charge is 2.03. The SMILES string of the molecule is O=C(N/N=C\c1cccc(OCc2ccc(Cl)cc2)c1)c1ccc(Cl)cc1. The van der Waals surface area contributed by atoms with Crippen molar-refractivity contribution in [3.8, 4) is 5.75 Å². The Morgan fingerprint density at radius 2 is 1.63 bits per heavy atom. The van der Waals surface area contributed by atoms with Gasteiger partial charge in [0.05, 0.1) is 6.21 Å². The topological polar surface area (TPSA) is 50.7 Å². The van der Waals surface area contributed by atoms with E-state index in [0.29, 0.717) is 28.0 Å². The minimum Gasteiger partial charge on any atom is -0.489 e. The summed E-state index contributed by atoms with van der Waals surface area (Å²) in [5.74, 6) is 0.399. The number of nitrogens with one attached hydrogen (secondary N) is 1. The van der Waals surface area contributed by atoms with Crippen molar-refractivity contribution in [2.24, 2.45) is 5.10 Å². The van der Waals surface area contributed by atoms with Crippen LogP contribution in [-0.4, -0.2) is 12.1 Å². The molecule has 6 heteroatoms. The molecule has 0 unspecified atom stereocenters. The van der Waals surface area contributed by atoms with E-state index in [1.807, 2.05) is 48.5 Å². The molecule has 0 aromatic heterocycles. The van der Waals surface area contributed by atoms with Gasteiger partial charge in [0.1, 0.15) is 12.4 Å². The number of benzene rings is 3. The van der Waals surface area contributed by atoms with Gasteiger partial charge < -0.3 is 4.74 Å². The first kappa shape index (κ1) is 19.0. The van der Waals surface area contributed by atoms with Crippen LogP contribution in [0, 0.1) is 0 Å². The van der Waals surface area contributed by atoms with E-state index in [1.54, 1.807) is 30.5 Å². The van der Waals surface area contributed by atoms with Gasteiger partial charge in [-0.15, -0.1) is 0 Å². The Hall–Kier alpha value is -2.82. The molecule has 1 N–H and O–H groups in total. The lowest BCUT2D eigenvalue weighted by molar-refractivity contribution is 0.0955. The molecule has 0 bridgehead atoms. The Kier molecular flexibility index (Phi) is 6.47. The van der Waals surface area contributed by atoms with Crippen molar-refractivity contribution in [3.63, 3.8) is 0 Å². The molecule has 0 atom stereocenters. The van der Waals surface area contributed by atoms with Gasteiger partial charge in [-0.25, -0.2) is 5.43 Å². The quantitative estimate of drug-likeness (QED) is 0.450. The minimum atomic E-state index is -0.307. The van der Waals surface area contributed by atoms with Gasteiger partial charge in [0.25, 0.3) is 5.91 Å². The van der Waals surface area contributed by atoms with Gasteiger partial charge in [-0.3, -0.25) is 4.79 Å². The van der Waals surface area contributed by atoms with Crippen LogP contribution in [0.15, 0.2) is 77.9 Å². The molecular weight excluding hydrogens is 383 g/mol. The molecule has 0 aliphatic heterocycles. The second-order valence-electron chi connectivity index (χ2n) is 5.69. The van der Waals surface area contributed by atoms with Gasteiger partial charge in [-0.05, 0) is 59.7 Å². The maximum absolute atomic E-state index is 12.0. The molecule has 136 valence electrons. The highest BCUT2D eigenvalue weighted by atomic mass is 35.5. The molecule has 3 rings (SSSR count). The first-order chi connectivity index (χ1) is 13.1. The van der Waals surface area contributed by atoms with Gasteiger partial charge in [-0.2, -0.15) is 5.10 Å². The Balaban J connectivity index is 1.56. The van der Waals surface area contributed by atoms with Crippen molar-refractivity contribution in [2.75, 3.05) is 0 Å². The van der Waals surface area contributed by atoms with Crippen LogP contribution in [-0.2, 0) is 6.61 Å². The van der Waals surface area contributed by atoms with Crippen molar-refractivity contribution in [3.05, 3.63) is 99.5 Å². The summed E-state index contributed by atoms with van der Waals surface area (Å²) in [5.41, 5.74) is 4.79. The molecule has 4 nitrogen and oxygen atoms in total. The molecule has 0 aliphatic carbocycles. The second kappa shape index (κ2) is 9.21. The third-order valence-corrected chi connectivity index (χ3v) is 4.17. The van der Waals surface area contributed by atoms with Crippen LogP contribution in [0.5, 0.6) is 5.75 Å². The van der Waals surface area contributed by atoms with E-state index >= 15 is 0 Å². The largest absolute Gasteiger partial charge is 0.489 e. The molecule has 0 aliphatic rings. The van der Waals surface area contributed by atoms with E-state index in [1.165, 1.54) is 0 Å². The number of rotatable bonds is 6. The van der Waals surface area contributed by atoms with Gasteiger partial charge in [-0.1, -0.05) is 47.5 Å². The van der Waals surface area contributed by atoms with Crippen molar-refractivity contribution >= 4 is 35.3 Å². The monoisotopic (exact) mass is 398 g/mol. The number of hydrogen-bond donors (Lipinski definition) is 1. The predicted octanol–water partition coefficient (Wildman–Crippen LogP) is 5.34. The van der Waals surface area contributed by atoms with Crippen LogP contribution in [0.25, 0.3) is 0 Å². The molecule has 0 saturated carbocycles. The number of carbonyl (C=O) groups excluding carboxylic acids is 1. The summed E-state index contributed by atoms with van der Waals surface area (Å²) in [6.45, 7) is 0.436. The van der Waals surface area contributed by atoms with Crippen LogP contribution < -0.4 is 10.2 Å². The van der Waals surface area contributed by atoms with Crippen molar-refractivity contribution < 1.29 is 9.53 Å². The highest BCUT2D eigenvalue weighted by molar-refractivity contribution is 6.30. The zero-order chi connectivity index (χ0) is 19.1. The zero-order valence-corrected chi connectivity index (χ0v) is 15.7. The Morgan fingerprint density at radius 1 is 0.963 bits per heavy atom.